The molecule has 0 radical (unpaired) electrons. The van der Waals surface area contributed by atoms with Gasteiger partial charge in [0, 0.05) is 17.1 Å². The van der Waals surface area contributed by atoms with Crippen molar-refractivity contribution in [1.82, 2.24) is 4.90 Å². The van der Waals surface area contributed by atoms with Gasteiger partial charge in [0.1, 0.15) is 5.70 Å². The second-order valence-electron chi connectivity index (χ2n) is 5.66. The third kappa shape index (κ3) is 2.78. The van der Waals surface area contributed by atoms with E-state index in [0.717, 1.165) is 16.1 Å². The highest BCUT2D eigenvalue weighted by atomic mass is 32.1. The first-order valence-electron chi connectivity index (χ1n) is 7.62. The van der Waals surface area contributed by atoms with Crippen molar-refractivity contribution in [2.45, 2.75) is 13.8 Å². The van der Waals surface area contributed by atoms with E-state index in [2.05, 4.69) is 11.9 Å². The molecule has 1 aromatic carbocycles. The van der Waals surface area contributed by atoms with E-state index in [1.807, 2.05) is 49.6 Å². The zero-order valence-corrected chi connectivity index (χ0v) is 14.4. The van der Waals surface area contributed by atoms with Gasteiger partial charge in [0.2, 0.25) is 0 Å². The average molecular weight is 338 g/mol. The molecule has 24 heavy (non-hydrogen) atoms. The Balaban J connectivity index is 2.05. The molecular weight excluding hydrogens is 320 g/mol. The molecule has 2 aromatic rings. The number of nitrogens with one attached hydrogen (secondary N) is 1. The summed E-state index contributed by atoms with van der Waals surface area (Å²) in [5, 5.41) is 5.05. The fourth-order valence-electron chi connectivity index (χ4n) is 2.60. The van der Waals surface area contributed by atoms with Gasteiger partial charge in [-0.15, -0.1) is 17.9 Å². The summed E-state index contributed by atoms with van der Waals surface area (Å²) in [5.74, 6) is -0.602. The quantitative estimate of drug-likeness (QED) is 0.667. The van der Waals surface area contributed by atoms with Crippen LogP contribution in [0.4, 0.5) is 5.69 Å². The van der Waals surface area contributed by atoms with Crippen LogP contribution in [0.1, 0.15) is 16.0 Å². The molecule has 5 heteroatoms. The minimum Gasteiger partial charge on any atom is -0.350 e. The Hall–Kier alpha value is -2.66. The molecule has 0 aliphatic carbocycles. The lowest BCUT2D eigenvalue weighted by Crippen LogP contribution is -2.32. The Labute approximate surface area is 145 Å². The van der Waals surface area contributed by atoms with Gasteiger partial charge < -0.3 is 5.32 Å². The van der Waals surface area contributed by atoms with Crippen LogP contribution in [0.15, 0.2) is 54.1 Å². The van der Waals surface area contributed by atoms with E-state index >= 15 is 0 Å². The molecule has 1 N–H and O–H groups in total. The number of aryl methyl sites for hydroxylation is 2. The lowest BCUT2D eigenvalue weighted by atomic mass is 10.1. The lowest BCUT2D eigenvalue weighted by molar-refractivity contribution is -0.136. The van der Waals surface area contributed by atoms with E-state index in [1.165, 1.54) is 21.8 Å². The van der Waals surface area contributed by atoms with E-state index in [-0.39, 0.29) is 18.4 Å². The van der Waals surface area contributed by atoms with Crippen LogP contribution in [0.2, 0.25) is 0 Å². The standard InChI is InChI=1S/C19H18N2O2S/c1-4-9-21-18(22)16(15-6-5-10-24-15)17(19(21)23)20-14-8-7-12(2)13(3)11-14/h4-8,10-11,20H,1,9H2,2-3H3. The van der Waals surface area contributed by atoms with Gasteiger partial charge in [-0.2, -0.15) is 0 Å². The summed E-state index contributed by atoms with van der Waals surface area (Å²) >= 11 is 1.44. The molecular formula is C19H18N2O2S. The van der Waals surface area contributed by atoms with Crippen LogP contribution >= 0.6 is 11.3 Å². The van der Waals surface area contributed by atoms with Crippen LogP contribution < -0.4 is 5.32 Å². The van der Waals surface area contributed by atoms with Crippen molar-refractivity contribution >= 4 is 34.4 Å². The molecule has 0 saturated heterocycles. The first kappa shape index (κ1) is 16.2. The Kier molecular flexibility index (Phi) is 4.36. The maximum atomic E-state index is 12.7. The first-order valence-corrected chi connectivity index (χ1v) is 8.50. The first-order chi connectivity index (χ1) is 11.5. The predicted octanol–water partition coefficient (Wildman–Crippen LogP) is 3.74. The van der Waals surface area contributed by atoms with Crippen molar-refractivity contribution in [2.24, 2.45) is 0 Å². The van der Waals surface area contributed by atoms with E-state index < -0.39 is 0 Å². The van der Waals surface area contributed by atoms with Crippen molar-refractivity contribution in [3.8, 4) is 0 Å². The molecule has 1 aliphatic heterocycles. The number of nitrogens with zero attached hydrogens (tertiary/aromatic N) is 1. The lowest BCUT2D eigenvalue weighted by Gasteiger charge is -2.13. The number of thiophene rings is 1. The molecule has 4 nitrogen and oxygen atoms in total. The van der Waals surface area contributed by atoms with Gasteiger partial charge >= 0.3 is 0 Å². The van der Waals surface area contributed by atoms with Gasteiger partial charge in [0.05, 0.1) is 5.57 Å². The SMILES string of the molecule is C=CCN1C(=O)C(Nc2ccc(C)c(C)c2)=C(c2cccs2)C1=O. The molecule has 1 aliphatic rings. The van der Waals surface area contributed by atoms with Crippen LogP contribution in [0.25, 0.3) is 5.57 Å². The van der Waals surface area contributed by atoms with Crippen molar-refractivity contribution < 1.29 is 9.59 Å². The Morgan fingerprint density at radius 2 is 1.96 bits per heavy atom. The number of amides is 2. The summed E-state index contributed by atoms with van der Waals surface area (Å²) in [5.41, 5.74) is 3.85. The minimum atomic E-state index is -0.318. The maximum Gasteiger partial charge on any atom is 0.278 e. The number of carbonyl (C=O) groups excluding carboxylic acids is 2. The van der Waals surface area contributed by atoms with Crippen LogP contribution in [0.3, 0.4) is 0 Å². The smallest absolute Gasteiger partial charge is 0.278 e. The molecule has 0 saturated carbocycles. The maximum absolute atomic E-state index is 12.7. The Morgan fingerprint density at radius 3 is 2.58 bits per heavy atom. The third-order valence-corrected chi connectivity index (χ3v) is 4.91. The number of carbonyl (C=O) groups is 2. The van der Waals surface area contributed by atoms with Gasteiger partial charge in [-0.3, -0.25) is 14.5 Å². The predicted molar refractivity (Wildman–Crippen MR) is 97.7 cm³/mol. The average Bonchev–Trinajstić information content (AvgIpc) is 3.15. The topological polar surface area (TPSA) is 49.4 Å². The normalized spacial score (nSPS) is 14.5. The number of benzene rings is 1. The number of rotatable bonds is 5. The molecule has 122 valence electrons. The van der Waals surface area contributed by atoms with Crippen LogP contribution in [0, 0.1) is 13.8 Å². The number of imide groups is 1. The van der Waals surface area contributed by atoms with Gasteiger partial charge in [-0.1, -0.05) is 18.2 Å². The summed E-state index contributed by atoms with van der Waals surface area (Å²) in [6.07, 6.45) is 1.56. The molecule has 2 amide bonds. The highest BCUT2D eigenvalue weighted by Gasteiger charge is 2.38. The molecule has 3 rings (SSSR count). The fraction of sp³-hybridized carbons (Fsp3) is 0.158. The number of hydrogen-bond donors (Lipinski definition) is 1. The zero-order chi connectivity index (χ0) is 17.3. The third-order valence-electron chi connectivity index (χ3n) is 4.02. The molecule has 0 atom stereocenters. The fourth-order valence-corrected chi connectivity index (χ4v) is 3.37. The molecule has 0 fully saturated rings. The number of anilines is 1. The van der Waals surface area contributed by atoms with Crippen LogP contribution in [-0.4, -0.2) is 23.3 Å². The summed E-state index contributed by atoms with van der Waals surface area (Å²) < 4.78 is 0. The monoisotopic (exact) mass is 338 g/mol. The highest BCUT2D eigenvalue weighted by Crippen LogP contribution is 2.33. The molecule has 0 unspecified atom stereocenters. The largest absolute Gasteiger partial charge is 0.350 e. The van der Waals surface area contributed by atoms with Crippen LogP contribution in [-0.2, 0) is 9.59 Å². The Morgan fingerprint density at radius 1 is 1.17 bits per heavy atom. The molecule has 2 heterocycles. The van der Waals surface area contributed by atoms with Crippen molar-refractivity contribution in [3.63, 3.8) is 0 Å². The van der Waals surface area contributed by atoms with Gasteiger partial charge in [0.15, 0.2) is 0 Å². The second kappa shape index (κ2) is 6.45. The summed E-state index contributed by atoms with van der Waals surface area (Å²) in [6.45, 7) is 7.88. The van der Waals surface area contributed by atoms with E-state index in [4.69, 9.17) is 0 Å². The van der Waals surface area contributed by atoms with Crippen molar-refractivity contribution in [3.05, 3.63) is 70.1 Å². The summed E-state index contributed by atoms with van der Waals surface area (Å²) in [7, 11) is 0. The van der Waals surface area contributed by atoms with E-state index in [1.54, 1.807) is 6.08 Å². The van der Waals surface area contributed by atoms with E-state index in [0.29, 0.717) is 11.3 Å². The van der Waals surface area contributed by atoms with Gasteiger partial charge in [0.25, 0.3) is 11.8 Å². The molecule has 0 bridgehead atoms. The van der Waals surface area contributed by atoms with Gasteiger partial charge in [-0.05, 0) is 48.6 Å². The highest BCUT2D eigenvalue weighted by molar-refractivity contribution is 7.11. The minimum absolute atomic E-state index is 0.199. The zero-order valence-electron chi connectivity index (χ0n) is 13.6. The summed E-state index contributed by atoms with van der Waals surface area (Å²) in [6, 6.07) is 9.60. The van der Waals surface area contributed by atoms with Crippen molar-refractivity contribution in [2.75, 3.05) is 11.9 Å². The molecule has 1 aromatic heterocycles. The Bertz CT molecular complexity index is 850. The molecule has 0 spiro atoms. The van der Waals surface area contributed by atoms with Gasteiger partial charge in [-0.25, -0.2) is 0 Å². The van der Waals surface area contributed by atoms with Crippen LogP contribution in [0.5, 0.6) is 0 Å². The van der Waals surface area contributed by atoms with Crippen molar-refractivity contribution in [1.29, 1.82) is 0 Å². The van der Waals surface area contributed by atoms with E-state index in [9.17, 15) is 9.59 Å². The summed E-state index contributed by atoms with van der Waals surface area (Å²) in [4.78, 5) is 27.4. The second-order valence-corrected chi connectivity index (χ2v) is 6.61. The number of hydrogen-bond acceptors (Lipinski definition) is 4.